The molecule has 1 aromatic rings. The maximum atomic E-state index is 10.7. The molecule has 0 aliphatic heterocycles. The Morgan fingerprint density at radius 2 is 2.12 bits per heavy atom. The zero-order valence-corrected chi connectivity index (χ0v) is 10.7. The van der Waals surface area contributed by atoms with Gasteiger partial charge in [-0.1, -0.05) is 24.1 Å². The number of nitrogens with zero attached hydrogens (tertiary/aromatic N) is 1. The van der Waals surface area contributed by atoms with Crippen molar-refractivity contribution in [1.82, 2.24) is 0 Å². The first kappa shape index (κ1) is 14.2. The van der Waals surface area contributed by atoms with Crippen LogP contribution in [0.15, 0.2) is 18.2 Å². The number of nitrogens with two attached hydrogens (primary N) is 1. The van der Waals surface area contributed by atoms with Crippen molar-refractivity contribution in [2.75, 3.05) is 0 Å². The lowest BCUT2D eigenvalue weighted by atomic mass is 9.77. The monoisotopic (exact) mass is 276 g/mol. The number of hydrogen-bond donors (Lipinski definition) is 1. The highest BCUT2D eigenvalue weighted by atomic mass is 35.5. The van der Waals surface area contributed by atoms with Crippen LogP contribution in [0.5, 0.6) is 0 Å². The van der Waals surface area contributed by atoms with Crippen molar-refractivity contribution < 1.29 is 4.92 Å². The van der Waals surface area contributed by atoms with Crippen LogP contribution in [0.4, 0.5) is 5.69 Å². The SMILES string of the molecule is Cl.N[C@@H](c1ccc(Cl)c([N+](=O)[O-])c1)C1CCC1. The van der Waals surface area contributed by atoms with Crippen LogP contribution in [-0.4, -0.2) is 4.92 Å². The topological polar surface area (TPSA) is 69.2 Å². The van der Waals surface area contributed by atoms with Crippen LogP contribution in [0.25, 0.3) is 0 Å². The molecule has 1 aliphatic carbocycles. The normalized spacial score (nSPS) is 16.8. The standard InChI is InChI=1S/C11H13ClN2O2.ClH/c12-9-5-4-8(6-10(9)14(15)16)11(13)7-2-1-3-7;/h4-7,11H,1-3,13H2;1H/t11-;/m1./s1. The third kappa shape index (κ3) is 2.89. The van der Waals surface area contributed by atoms with Crippen LogP contribution >= 0.6 is 24.0 Å². The summed E-state index contributed by atoms with van der Waals surface area (Å²) in [7, 11) is 0. The van der Waals surface area contributed by atoms with E-state index in [0.717, 1.165) is 18.4 Å². The Morgan fingerprint density at radius 3 is 2.59 bits per heavy atom. The average molecular weight is 277 g/mol. The maximum Gasteiger partial charge on any atom is 0.288 e. The molecule has 2 rings (SSSR count). The Hall–Kier alpha value is -0.840. The number of halogens is 2. The Balaban J connectivity index is 0.00000144. The van der Waals surface area contributed by atoms with Gasteiger partial charge in [-0.05, 0) is 30.4 Å². The van der Waals surface area contributed by atoms with Gasteiger partial charge < -0.3 is 5.73 Å². The third-order valence-corrected chi connectivity index (χ3v) is 3.53. The summed E-state index contributed by atoms with van der Waals surface area (Å²) in [5.41, 5.74) is 6.80. The van der Waals surface area contributed by atoms with E-state index in [-0.39, 0.29) is 29.2 Å². The van der Waals surface area contributed by atoms with E-state index in [9.17, 15) is 10.1 Å². The first-order valence-corrected chi connectivity index (χ1v) is 5.67. The molecule has 1 fully saturated rings. The molecule has 0 radical (unpaired) electrons. The Bertz CT molecular complexity index is 422. The quantitative estimate of drug-likeness (QED) is 0.679. The first-order chi connectivity index (χ1) is 7.59. The van der Waals surface area contributed by atoms with E-state index in [4.69, 9.17) is 17.3 Å². The fourth-order valence-electron chi connectivity index (χ4n) is 1.95. The zero-order valence-electron chi connectivity index (χ0n) is 9.14. The maximum absolute atomic E-state index is 10.7. The minimum Gasteiger partial charge on any atom is -0.324 e. The molecule has 1 aromatic carbocycles. The first-order valence-electron chi connectivity index (χ1n) is 5.29. The van der Waals surface area contributed by atoms with Gasteiger partial charge in [-0.2, -0.15) is 0 Å². The molecule has 6 heteroatoms. The molecule has 2 N–H and O–H groups in total. The van der Waals surface area contributed by atoms with E-state index >= 15 is 0 Å². The molecule has 1 saturated carbocycles. The van der Waals surface area contributed by atoms with Crippen molar-refractivity contribution in [2.45, 2.75) is 25.3 Å². The van der Waals surface area contributed by atoms with Gasteiger partial charge in [0.1, 0.15) is 5.02 Å². The second-order valence-corrected chi connectivity index (χ2v) is 4.59. The van der Waals surface area contributed by atoms with Crippen molar-refractivity contribution in [2.24, 2.45) is 11.7 Å². The van der Waals surface area contributed by atoms with E-state index < -0.39 is 4.92 Å². The van der Waals surface area contributed by atoms with E-state index in [1.807, 2.05) is 0 Å². The molecular formula is C11H14Cl2N2O2. The molecule has 0 aromatic heterocycles. The van der Waals surface area contributed by atoms with Crippen molar-refractivity contribution in [3.8, 4) is 0 Å². The van der Waals surface area contributed by atoms with Gasteiger partial charge in [-0.25, -0.2) is 0 Å². The Morgan fingerprint density at radius 1 is 1.47 bits per heavy atom. The molecule has 0 spiro atoms. The van der Waals surface area contributed by atoms with Crippen LogP contribution in [-0.2, 0) is 0 Å². The third-order valence-electron chi connectivity index (χ3n) is 3.21. The van der Waals surface area contributed by atoms with Crippen molar-refractivity contribution >= 4 is 29.7 Å². The van der Waals surface area contributed by atoms with E-state index in [0.29, 0.717) is 5.92 Å². The van der Waals surface area contributed by atoms with Crippen molar-refractivity contribution in [3.63, 3.8) is 0 Å². The highest BCUT2D eigenvalue weighted by molar-refractivity contribution is 6.32. The van der Waals surface area contributed by atoms with E-state index in [1.165, 1.54) is 12.5 Å². The van der Waals surface area contributed by atoms with Gasteiger partial charge in [-0.15, -0.1) is 12.4 Å². The van der Waals surface area contributed by atoms with Gasteiger partial charge in [-0.3, -0.25) is 10.1 Å². The number of nitro groups is 1. The lowest BCUT2D eigenvalue weighted by Gasteiger charge is -2.31. The summed E-state index contributed by atoms with van der Waals surface area (Å²) in [6.45, 7) is 0. The summed E-state index contributed by atoms with van der Waals surface area (Å²) in [5, 5.41) is 10.9. The minimum atomic E-state index is -0.473. The molecule has 0 unspecified atom stereocenters. The summed E-state index contributed by atoms with van der Waals surface area (Å²) in [5.74, 6) is 0.459. The molecule has 0 saturated heterocycles. The summed E-state index contributed by atoms with van der Waals surface area (Å²) in [6.07, 6.45) is 3.42. The van der Waals surface area contributed by atoms with Gasteiger partial charge in [0, 0.05) is 12.1 Å². The second kappa shape index (κ2) is 5.67. The fourth-order valence-corrected chi connectivity index (χ4v) is 2.13. The van der Waals surface area contributed by atoms with Crippen LogP contribution in [0, 0.1) is 16.0 Å². The van der Waals surface area contributed by atoms with Gasteiger partial charge in [0.05, 0.1) is 4.92 Å². The number of nitro benzene ring substituents is 1. The fraction of sp³-hybridized carbons (Fsp3) is 0.455. The highest BCUT2D eigenvalue weighted by Gasteiger charge is 2.27. The zero-order chi connectivity index (χ0) is 11.7. The summed E-state index contributed by atoms with van der Waals surface area (Å²) in [4.78, 5) is 10.3. The number of benzene rings is 1. The van der Waals surface area contributed by atoms with Crippen molar-refractivity contribution in [1.29, 1.82) is 0 Å². The smallest absolute Gasteiger partial charge is 0.288 e. The Kier molecular flexibility index (Phi) is 4.74. The van der Waals surface area contributed by atoms with E-state index in [1.54, 1.807) is 12.1 Å². The molecule has 1 atom stereocenters. The Labute approximate surface area is 111 Å². The molecule has 0 amide bonds. The molecule has 4 nitrogen and oxygen atoms in total. The molecule has 94 valence electrons. The second-order valence-electron chi connectivity index (χ2n) is 4.18. The van der Waals surface area contributed by atoms with Crippen LogP contribution in [0.1, 0.15) is 30.9 Å². The van der Waals surface area contributed by atoms with Crippen LogP contribution < -0.4 is 5.73 Å². The predicted octanol–water partition coefficient (Wildman–Crippen LogP) is 3.47. The van der Waals surface area contributed by atoms with Gasteiger partial charge in [0.15, 0.2) is 0 Å². The van der Waals surface area contributed by atoms with Gasteiger partial charge in [0.25, 0.3) is 5.69 Å². The molecule has 1 aliphatic rings. The largest absolute Gasteiger partial charge is 0.324 e. The lowest BCUT2D eigenvalue weighted by molar-refractivity contribution is -0.384. The van der Waals surface area contributed by atoms with Crippen LogP contribution in [0.2, 0.25) is 5.02 Å². The number of hydrogen-bond acceptors (Lipinski definition) is 3. The average Bonchev–Trinajstić information content (AvgIpc) is 2.15. The lowest BCUT2D eigenvalue weighted by Crippen LogP contribution is -2.26. The molecule has 17 heavy (non-hydrogen) atoms. The predicted molar refractivity (Wildman–Crippen MR) is 69.6 cm³/mol. The molecular weight excluding hydrogens is 263 g/mol. The van der Waals surface area contributed by atoms with Crippen LogP contribution in [0.3, 0.4) is 0 Å². The summed E-state index contributed by atoms with van der Waals surface area (Å²) < 4.78 is 0. The minimum absolute atomic E-state index is 0. The number of rotatable bonds is 3. The van der Waals surface area contributed by atoms with Gasteiger partial charge >= 0.3 is 0 Å². The highest BCUT2D eigenvalue weighted by Crippen LogP contribution is 2.37. The van der Waals surface area contributed by atoms with Crippen molar-refractivity contribution in [3.05, 3.63) is 38.9 Å². The van der Waals surface area contributed by atoms with Gasteiger partial charge in [0.2, 0.25) is 0 Å². The van der Waals surface area contributed by atoms with E-state index in [2.05, 4.69) is 0 Å². The molecule has 0 bridgehead atoms. The molecule has 0 heterocycles. The summed E-state index contributed by atoms with van der Waals surface area (Å²) >= 11 is 5.74. The summed E-state index contributed by atoms with van der Waals surface area (Å²) in [6, 6.07) is 4.71.